The highest BCUT2D eigenvalue weighted by Gasteiger charge is 2.74. The minimum atomic E-state index is -1.36. The Labute approximate surface area is 202 Å². The molecule has 6 nitrogen and oxygen atoms in total. The van der Waals surface area contributed by atoms with Crippen LogP contribution >= 0.6 is 0 Å². The second-order valence-corrected chi connectivity index (χ2v) is 12.6. The predicted octanol–water partition coefficient (Wildman–Crippen LogP) is 3.13. The zero-order chi connectivity index (χ0) is 25.0. The molecule has 188 valence electrons. The van der Waals surface area contributed by atoms with Gasteiger partial charge in [-0.05, 0) is 48.7 Å². The summed E-state index contributed by atoms with van der Waals surface area (Å²) in [6.45, 7) is 12.1. The molecule has 34 heavy (non-hydrogen) atoms. The van der Waals surface area contributed by atoms with Gasteiger partial charge in [0, 0.05) is 35.2 Å². The van der Waals surface area contributed by atoms with Crippen LogP contribution in [-0.4, -0.2) is 56.9 Å². The Kier molecular flexibility index (Phi) is 5.43. The number of aliphatic hydroxyl groups excluding tert-OH is 2. The molecule has 0 aromatic rings. The largest absolute Gasteiger partial charge is 0.390 e. The third kappa shape index (κ3) is 2.83. The van der Waals surface area contributed by atoms with Crippen molar-refractivity contribution in [2.45, 2.75) is 104 Å². The molecule has 1 saturated heterocycles. The normalized spacial score (nSPS) is 47.7. The van der Waals surface area contributed by atoms with E-state index in [1.54, 1.807) is 6.08 Å². The number of Topliss-reactive ketones (excluding diaryl/α,β-unsaturated/α-hetero) is 1. The summed E-state index contributed by atoms with van der Waals surface area (Å²) in [5.74, 6) is -0.253. The number of hydrogen-bond acceptors (Lipinski definition) is 6. The second kappa shape index (κ2) is 7.58. The quantitative estimate of drug-likeness (QED) is 0.583. The Morgan fingerprint density at radius 1 is 1.12 bits per heavy atom. The van der Waals surface area contributed by atoms with E-state index in [1.165, 1.54) is 0 Å². The van der Waals surface area contributed by atoms with E-state index in [0.29, 0.717) is 43.6 Å². The van der Waals surface area contributed by atoms with Gasteiger partial charge in [0.05, 0.1) is 23.9 Å². The van der Waals surface area contributed by atoms with Crippen LogP contribution in [0.4, 0.5) is 0 Å². The molecule has 5 aliphatic rings. The maximum atomic E-state index is 13.9. The predicted molar refractivity (Wildman–Crippen MR) is 127 cm³/mol. The number of carbonyl (C=O) groups is 2. The van der Waals surface area contributed by atoms with E-state index < -0.39 is 34.7 Å². The summed E-state index contributed by atoms with van der Waals surface area (Å²) in [5, 5.41) is 35.1. The molecule has 3 N–H and O–H groups in total. The number of carbonyl (C=O) groups excluding carboxylic acids is 2. The van der Waals surface area contributed by atoms with Crippen molar-refractivity contribution in [3.05, 3.63) is 22.8 Å². The molecule has 0 amide bonds. The first-order valence-electron chi connectivity index (χ1n) is 13.0. The number of aliphatic hydroxyl groups is 3. The van der Waals surface area contributed by atoms with Gasteiger partial charge < -0.3 is 20.1 Å². The average Bonchev–Trinajstić information content (AvgIpc) is 3.22. The van der Waals surface area contributed by atoms with Crippen molar-refractivity contribution >= 4 is 11.6 Å². The zero-order valence-electron chi connectivity index (χ0n) is 21.3. The van der Waals surface area contributed by atoms with Crippen LogP contribution in [0.5, 0.6) is 0 Å². The summed E-state index contributed by atoms with van der Waals surface area (Å²) in [4.78, 5) is 26.0. The lowest BCUT2D eigenvalue weighted by molar-refractivity contribution is -0.161. The molecule has 0 spiro atoms. The Balaban J connectivity index is 1.58. The van der Waals surface area contributed by atoms with Crippen molar-refractivity contribution in [3.8, 4) is 0 Å². The highest BCUT2D eigenvalue weighted by molar-refractivity contribution is 6.05. The third-order valence-corrected chi connectivity index (χ3v) is 10.8. The highest BCUT2D eigenvalue weighted by atomic mass is 16.5. The maximum Gasteiger partial charge on any atom is 0.188 e. The van der Waals surface area contributed by atoms with Crippen molar-refractivity contribution in [1.29, 1.82) is 0 Å². The second-order valence-electron chi connectivity index (χ2n) is 12.6. The highest BCUT2D eigenvalue weighted by Crippen LogP contribution is 2.68. The molecule has 5 rings (SSSR count). The van der Waals surface area contributed by atoms with Crippen LogP contribution < -0.4 is 0 Å². The topological polar surface area (TPSA) is 104 Å². The van der Waals surface area contributed by atoms with Gasteiger partial charge >= 0.3 is 0 Å². The molecule has 0 aromatic carbocycles. The van der Waals surface area contributed by atoms with Gasteiger partial charge in [-0.25, -0.2) is 0 Å². The lowest BCUT2D eigenvalue weighted by Crippen LogP contribution is -2.63. The number of allylic oxidation sites excluding steroid dienone is 2. The van der Waals surface area contributed by atoms with E-state index in [9.17, 15) is 24.9 Å². The van der Waals surface area contributed by atoms with E-state index >= 15 is 0 Å². The summed E-state index contributed by atoms with van der Waals surface area (Å²) >= 11 is 0. The molecule has 1 heterocycles. The Hall–Kier alpha value is -1.34. The summed E-state index contributed by atoms with van der Waals surface area (Å²) in [6, 6.07) is 0. The number of ketones is 2. The summed E-state index contributed by atoms with van der Waals surface area (Å²) in [7, 11) is 0. The van der Waals surface area contributed by atoms with Gasteiger partial charge in [0.25, 0.3) is 0 Å². The van der Waals surface area contributed by atoms with Gasteiger partial charge in [0.15, 0.2) is 11.6 Å². The number of hydrogen-bond donors (Lipinski definition) is 3. The molecule has 1 aliphatic heterocycles. The first-order chi connectivity index (χ1) is 15.8. The molecule has 3 unspecified atom stereocenters. The van der Waals surface area contributed by atoms with Gasteiger partial charge in [-0.2, -0.15) is 0 Å². The summed E-state index contributed by atoms with van der Waals surface area (Å²) in [6.07, 6.45) is 1.31. The fraction of sp³-hybridized carbons (Fsp3) is 0.786. The van der Waals surface area contributed by atoms with Crippen LogP contribution in [0.3, 0.4) is 0 Å². The van der Waals surface area contributed by atoms with Crippen LogP contribution in [0.25, 0.3) is 0 Å². The first-order valence-corrected chi connectivity index (χ1v) is 13.0. The van der Waals surface area contributed by atoms with Gasteiger partial charge in [-0.15, -0.1) is 0 Å². The zero-order valence-corrected chi connectivity index (χ0v) is 21.3. The molecule has 0 radical (unpaired) electrons. The van der Waals surface area contributed by atoms with E-state index in [4.69, 9.17) is 4.74 Å². The number of fused-ring (bicyclic) bond motifs is 6. The molecular weight excluding hydrogens is 432 g/mol. The van der Waals surface area contributed by atoms with Crippen LogP contribution in [0.1, 0.15) is 73.6 Å². The van der Waals surface area contributed by atoms with E-state index in [1.807, 2.05) is 27.7 Å². The van der Waals surface area contributed by atoms with Crippen LogP contribution in [-0.2, 0) is 14.3 Å². The first kappa shape index (κ1) is 24.4. The lowest BCUT2D eigenvalue weighted by Gasteiger charge is -2.56. The Bertz CT molecular complexity index is 995. The van der Waals surface area contributed by atoms with Gasteiger partial charge in [-0.1, -0.05) is 47.1 Å². The standard InChI is InChI=1S/C28H40O6/c1-13(2)14(3)22(30)24-15(4)20-19(34-24)12-28(33)18-8-7-16-11-17(29)9-10-26(16,5)21(18)23(31)25(32)27(20,28)6/h11,13-15,19-20,22,24-25,30,32-33H,7-10,12H2,1-6H3/t14?,15-,19-,20?,22+,24+,25-,26?,27-,28+/m0/s1. The molecule has 0 aromatic heterocycles. The Morgan fingerprint density at radius 2 is 1.79 bits per heavy atom. The van der Waals surface area contributed by atoms with E-state index in [2.05, 4.69) is 13.8 Å². The van der Waals surface area contributed by atoms with Crippen LogP contribution in [0.2, 0.25) is 0 Å². The van der Waals surface area contributed by atoms with Crippen molar-refractivity contribution in [2.24, 2.45) is 34.5 Å². The number of rotatable bonds is 3. The van der Waals surface area contributed by atoms with Crippen molar-refractivity contribution < 1.29 is 29.6 Å². The van der Waals surface area contributed by atoms with Crippen molar-refractivity contribution in [3.63, 3.8) is 0 Å². The molecular formula is C28H40O6. The molecule has 2 fully saturated rings. The monoisotopic (exact) mass is 472 g/mol. The SMILES string of the molecule is CC(C)C(C)[C@@H](O)[C@@H]1O[C@H]2C[C@@]3(O)C4=C(C(=O)[C@H](O)[C@]3(C)C2[C@@H]1C)C1(C)CCC(=O)C=C1CC4. The fourth-order valence-electron chi connectivity index (χ4n) is 8.34. The van der Waals surface area contributed by atoms with Crippen LogP contribution in [0, 0.1) is 34.5 Å². The molecule has 1 saturated carbocycles. The van der Waals surface area contributed by atoms with Gasteiger partial charge in [0.2, 0.25) is 0 Å². The van der Waals surface area contributed by atoms with Crippen molar-refractivity contribution in [1.82, 2.24) is 0 Å². The molecule has 4 aliphatic carbocycles. The smallest absolute Gasteiger partial charge is 0.188 e. The van der Waals surface area contributed by atoms with E-state index in [-0.39, 0.29) is 35.4 Å². The average molecular weight is 473 g/mol. The molecule has 6 heteroatoms. The molecule has 0 bridgehead atoms. The third-order valence-electron chi connectivity index (χ3n) is 10.8. The lowest BCUT2D eigenvalue weighted by atomic mass is 9.50. The molecule has 10 atom stereocenters. The summed E-state index contributed by atoms with van der Waals surface area (Å²) < 4.78 is 6.45. The minimum Gasteiger partial charge on any atom is -0.390 e. The van der Waals surface area contributed by atoms with Crippen LogP contribution in [0.15, 0.2) is 22.8 Å². The number of ether oxygens (including phenoxy) is 1. The van der Waals surface area contributed by atoms with Crippen molar-refractivity contribution in [2.75, 3.05) is 0 Å². The fourth-order valence-corrected chi connectivity index (χ4v) is 8.34. The van der Waals surface area contributed by atoms with E-state index in [0.717, 1.165) is 11.1 Å². The Morgan fingerprint density at radius 3 is 2.44 bits per heavy atom. The van der Waals surface area contributed by atoms with Gasteiger partial charge in [-0.3, -0.25) is 9.59 Å². The summed E-state index contributed by atoms with van der Waals surface area (Å²) in [5.41, 5.74) is -0.838. The van der Waals surface area contributed by atoms with Gasteiger partial charge in [0.1, 0.15) is 6.10 Å². The minimum absolute atomic E-state index is 0.0442. The maximum absolute atomic E-state index is 13.9.